The molecule has 10 nitrogen and oxygen atoms in total. The van der Waals surface area contributed by atoms with E-state index >= 15 is 0 Å². The third kappa shape index (κ3) is 6.67. The zero-order chi connectivity index (χ0) is 30.7. The number of rotatable bonds is 5. The van der Waals surface area contributed by atoms with Crippen LogP contribution in [0, 0.1) is 5.92 Å². The van der Waals surface area contributed by atoms with Crippen LogP contribution in [0.2, 0.25) is 5.02 Å². The van der Waals surface area contributed by atoms with Crippen LogP contribution in [0.25, 0.3) is 22.4 Å². The SMILES string of the molecule is COc1ccc2c(c1)NC(=O)C(C)CCCC(n1cnc(-c3cc(Cl)ccc3N(N)/C=C(\N)Cl)cc1=O)c1cc-2ccn1. The van der Waals surface area contributed by atoms with Gasteiger partial charge in [-0.05, 0) is 60.9 Å². The first-order valence-corrected chi connectivity index (χ1v) is 14.4. The predicted octanol–water partition coefficient (Wildman–Crippen LogP) is 5.66. The molecule has 0 saturated heterocycles. The number of ether oxygens (including phenoxy) is 1. The van der Waals surface area contributed by atoms with E-state index in [1.54, 1.807) is 42.1 Å². The molecule has 5 N–H and O–H groups in total. The summed E-state index contributed by atoms with van der Waals surface area (Å²) in [6.07, 6.45) is 6.43. The van der Waals surface area contributed by atoms with Crippen molar-refractivity contribution in [3.8, 4) is 28.1 Å². The number of fused-ring (bicyclic) bond motifs is 4. The summed E-state index contributed by atoms with van der Waals surface area (Å²) in [7, 11) is 1.58. The molecule has 0 radical (unpaired) electrons. The summed E-state index contributed by atoms with van der Waals surface area (Å²) in [4.78, 5) is 36.1. The number of nitrogens with one attached hydrogen (secondary N) is 1. The molecule has 4 aromatic rings. The van der Waals surface area contributed by atoms with Crippen molar-refractivity contribution in [2.24, 2.45) is 17.5 Å². The van der Waals surface area contributed by atoms with Gasteiger partial charge in [0.1, 0.15) is 10.9 Å². The Kier molecular flexibility index (Phi) is 9.00. The minimum atomic E-state index is -0.422. The summed E-state index contributed by atoms with van der Waals surface area (Å²) in [6, 6.07) is 15.4. The highest BCUT2D eigenvalue weighted by atomic mass is 35.5. The van der Waals surface area contributed by atoms with Gasteiger partial charge < -0.3 is 15.8 Å². The summed E-state index contributed by atoms with van der Waals surface area (Å²) >= 11 is 12.1. The molecule has 3 heterocycles. The molecule has 2 aromatic carbocycles. The molecule has 0 aliphatic carbocycles. The lowest BCUT2D eigenvalue weighted by Crippen LogP contribution is -2.28. The number of hydrogen-bond donors (Lipinski definition) is 3. The number of halogens is 2. The van der Waals surface area contributed by atoms with Crippen molar-refractivity contribution in [1.82, 2.24) is 14.5 Å². The van der Waals surface area contributed by atoms with Crippen LogP contribution < -0.4 is 32.2 Å². The molecule has 43 heavy (non-hydrogen) atoms. The molecular formula is C31H31Cl2N7O3. The van der Waals surface area contributed by atoms with E-state index in [-0.39, 0.29) is 22.5 Å². The third-order valence-corrected chi connectivity index (χ3v) is 7.76. The molecular weight excluding hydrogens is 589 g/mol. The molecule has 1 aliphatic rings. The number of carbonyl (C=O) groups is 1. The van der Waals surface area contributed by atoms with E-state index in [4.69, 9.17) is 39.5 Å². The average molecular weight is 621 g/mol. The lowest BCUT2D eigenvalue weighted by atomic mass is 9.95. The molecule has 2 bridgehead atoms. The smallest absolute Gasteiger partial charge is 0.254 e. The topological polar surface area (TPSA) is 141 Å². The van der Waals surface area contributed by atoms with Gasteiger partial charge in [0.2, 0.25) is 5.91 Å². The number of carbonyl (C=O) groups excluding carboxylic acids is 1. The highest BCUT2D eigenvalue weighted by molar-refractivity contribution is 6.31. The van der Waals surface area contributed by atoms with Crippen LogP contribution in [0.4, 0.5) is 11.4 Å². The Morgan fingerprint density at radius 3 is 2.65 bits per heavy atom. The van der Waals surface area contributed by atoms with Gasteiger partial charge in [0.25, 0.3) is 5.56 Å². The second-order valence-electron chi connectivity index (χ2n) is 10.3. The van der Waals surface area contributed by atoms with Gasteiger partial charge in [-0.15, -0.1) is 0 Å². The Bertz CT molecular complexity index is 1750. The minimum Gasteiger partial charge on any atom is -0.497 e. The van der Waals surface area contributed by atoms with Gasteiger partial charge >= 0.3 is 0 Å². The van der Waals surface area contributed by atoms with Gasteiger partial charge in [-0.25, -0.2) is 10.8 Å². The second kappa shape index (κ2) is 12.9. The Hall–Kier alpha value is -4.38. The first-order chi connectivity index (χ1) is 20.6. The number of hydrazine groups is 1. The maximum absolute atomic E-state index is 13.7. The molecule has 2 unspecified atom stereocenters. The van der Waals surface area contributed by atoms with Crippen molar-refractivity contribution >= 4 is 40.5 Å². The lowest BCUT2D eigenvalue weighted by molar-refractivity contribution is -0.119. The lowest BCUT2D eigenvalue weighted by Gasteiger charge is -2.23. The number of pyridine rings is 1. The van der Waals surface area contributed by atoms with Gasteiger partial charge in [0.05, 0.1) is 48.4 Å². The Labute approximate surface area is 258 Å². The van der Waals surface area contributed by atoms with Crippen molar-refractivity contribution in [2.75, 3.05) is 17.4 Å². The number of anilines is 2. The molecule has 12 heteroatoms. The summed E-state index contributed by atoms with van der Waals surface area (Å²) in [5, 5.41) is 4.74. The van der Waals surface area contributed by atoms with Crippen LogP contribution in [0.5, 0.6) is 5.75 Å². The monoisotopic (exact) mass is 619 g/mol. The number of aromatic nitrogens is 3. The van der Waals surface area contributed by atoms with E-state index in [9.17, 15) is 9.59 Å². The van der Waals surface area contributed by atoms with Gasteiger partial charge in [-0.3, -0.25) is 24.1 Å². The van der Waals surface area contributed by atoms with E-state index in [1.165, 1.54) is 23.6 Å². The molecule has 2 aromatic heterocycles. The number of benzene rings is 2. The van der Waals surface area contributed by atoms with Crippen molar-refractivity contribution in [3.63, 3.8) is 0 Å². The Morgan fingerprint density at radius 1 is 1.09 bits per heavy atom. The predicted molar refractivity (Wildman–Crippen MR) is 170 cm³/mol. The average Bonchev–Trinajstić information content (AvgIpc) is 2.98. The number of nitrogens with two attached hydrogens (primary N) is 2. The Balaban J connectivity index is 1.59. The first kappa shape index (κ1) is 30.1. The van der Waals surface area contributed by atoms with Crippen LogP contribution in [-0.4, -0.2) is 27.6 Å². The minimum absolute atomic E-state index is 0.0161. The quantitative estimate of drug-likeness (QED) is 0.148. The van der Waals surface area contributed by atoms with E-state index in [0.717, 1.165) is 11.1 Å². The van der Waals surface area contributed by atoms with E-state index in [0.29, 0.717) is 58.4 Å². The number of nitrogens with zero attached hydrogens (tertiary/aromatic N) is 4. The second-order valence-corrected chi connectivity index (χ2v) is 11.2. The molecule has 1 amide bonds. The van der Waals surface area contributed by atoms with Gasteiger partial charge in [-0.2, -0.15) is 0 Å². The zero-order valence-electron chi connectivity index (χ0n) is 23.6. The van der Waals surface area contributed by atoms with Crippen molar-refractivity contribution in [3.05, 3.63) is 99.5 Å². The standard InChI is InChI=1S/C31H31Cl2N7O3/c1-18-4-3-5-28(26-12-19(10-11-36-26)22-8-7-21(43-2)14-25(22)38-31(18)42)39-17-37-24(15-30(39)41)23-13-20(32)6-9-27(23)40(35)16-29(33)34/h6-18,28H,3-5,34-35H2,1-2H3,(H,38,42)/b29-16-. The third-order valence-electron chi connectivity index (χ3n) is 7.43. The molecule has 0 saturated carbocycles. The van der Waals surface area contributed by atoms with Gasteiger partial charge in [-0.1, -0.05) is 36.5 Å². The van der Waals surface area contributed by atoms with Crippen LogP contribution in [0.15, 0.2) is 83.3 Å². The maximum atomic E-state index is 13.7. The van der Waals surface area contributed by atoms with E-state index in [2.05, 4.69) is 15.3 Å². The molecule has 5 rings (SSSR count). The maximum Gasteiger partial charge on any atom is 0.254 e. The zero-order valence-corrected chi connectivity index (χ0v) is 25.1. The summed E-state index contributed by atoms with van der Waals surface area (Å²) in [6.45, 7) is 1.90. The summed E-state index contributed by atoms with van der Waals surface area (Å²) < 4.78 is 6.98. The summed E-state index contributed by atoms with van der Waals surface area (Å²) in [5.41, 5.74) is 9.72. The number of hydrogen-bond acceptors (Lipinski definition) is 8. The van der Waals surface area contributed by atoms with Gasteiger partial charge in [0.15, 0.2) is 0 Å². The largest absolute Gasteiger partial charge is 0.497 e. The van der Waals surface area contributed by atoms with Crippen molar-refractivity contribution in [1.29, 1.82) is 0 Å². The molecule has 222 valence electrons. The summed E-state index contributed by atoms with van der Waals surface area (Å²) in [5.74, 6) is 6.45. The molecule has 2 atom stereocenters. The molecule has 0 spiro atoms. The van der Waals surface area contributed by atoms with Crippen LogP contribution in [-0.2, 0) is 4.79 Å². The Morgan fingerprint density at radius 2 is 1.91 bits per heavy atom. The van der Waals surface area contributed by atoms with Crippen molar-refractivity contribution < 1.29 is 9.53 Å². The highest BCUT2D eigenvalue weighted by Gasteiger charge is 2.23. The van der Waals surface area contributed by atoms with Crippen LogP contribution in [0.1, 0.15) is 37.9 Å². The highest BCUT2D eigenvalue weighted by Crippen LogP contribution is 2.35. The van der Waals surface area contributed by atoms with E-state index < -0.39 is 6.04 Å². The normalized spacial score (nSPS) is 17.2. The molecule has 0 fully saturated rings. The fraction of sp³-hybridized carbons (Fsp3) is 0.226. The number of methoxy groups -OCH3 is 1. The molecule has 1 aliphatic heterocycles. The van der Waals surface area contributed by atoms with E-state index in [1.807, 2.05) is 31.2 Å². The fourth-order valence-corrected chi connectivity index (χ4v) is 5.45. The van der Waals surface area contributed by atoms with Crippen LogP contribution in [0.3, 0.4) is 0 Å². The van der Waals surface area contributed by atoms with Gasteiger partial charge in [0, 0.05) is 40.4 Å². The fourth-order valence-electron chi connectivity index (χ4n) is 5.17. The first-order valence-electron chi connectivity index (χ1n) is 13.6. The van der Waals surface area contributed by atoms with Crippen LogP contribution >= 0.6 is 23.2 Å². The van der Waals surface area contributed by atoms with Crippen molar-refractivity contribution in [2.45, 2.75) is 32.2 Å². The number of amides is 1.